The van der Waals surface area contributed by atoms with E-state index >= 15 is 0 Å². The molecule has 2 N–H and O–H groups in total. The highest BCUT2D eigenvalue weighted by atomic mass is 16.1. The van der Waals surface area contributed by atoms with E-state index in [4.69, 9.17) is 0 Å². The zero-order valence-electron chi connectivity index (χ0n) is 9.15. The first kappa shape index (κ1) is 11.0. The van der Waals surface area contributed by atoms with E-state index in [9.17, 15) is 4.79 Å². The van der Waals surface area contributed by atoms with Gasteiger partial charge in [-0.15, -0.1) is 0 Å². The van der Waals surface area contributed by atoms with Gasteiger partial charge in [0.15, 0.2) is 0 Å². The smallest absolute Gasteiger partial charge is 0.271 e. The summed E-state index contributed by atoms with van der Waals surface area (Å²) in [6, 6.07) is 0.558. The molecular weight excluding hydrogens is 204 g/mol. The van der Waals surface area contributed by atoms with E-state index in [0.717, 1.165) is 13.0 Å². The summed E-state index contributed by atoms with van der Waals surface area (Å²) in [5, 5.41) is 6.24. The zero-order valence-corrected chi connectivity index (χ0v) is 9.15. The van der Waals surface area contributed by atoms with Crippen molar-refractivity contribution in [2.45, 2.75) is 25.3 Å². The molecule has 1 amide bonds. The second-order valence-corrected chi connectivity index (χ2v) is 3.93. The third-order valence-electron chi connectivity index (χ3n) is 2.74. The molecule has 2 heterocycles. The van der Waals surface area contributed by atoms with Gasteiger partial charge in [0.2, 0.25) is 0 Å². The third-order valence-corrected chi connectivity index (χ3v) is 2.74. The number of carbonyl (C=O) groups excluding carboxylic acids is 1. The Bertz CT molecular complexity index is 335. The molecule has 0 radical (unpaired) electrons. The van der Waals surface area contributed by atoms with Gasteiger partial charge in [-0.3, -0.25) is 9.78 Å². The van der Waals surface area contributed by atoms with Crippen molar-refractivity contribution in [1.82, 2.24) is 20.6 Å². The Balaban J connectivity index is 1.71. The second-order valence-electron chi connectivity index (χ2n) is 3.93. The number of nitrogens with one attached hydrogen (secondary N) is 2. The molecule has 1 saturated heterocycles. The van der Waals surface area contributed by atoms with Crippen molar-refractivity contribution in [3.63, 3.8) is 0 Å². The molecule has 1 aromatic rings. The molecule has 1 aliphatic rings. The minimum atomic E-state index is -0.147. The van der Waals surface area contributed by atoms with Crippen LogP contribution in [0.25, 0.3) is 0 Å². The molecule has 1 atom stereocenters. The largest absolute Gasteiger partial charge is 0.351 e. The van der Waals surface area contributed by atoms with Crippen molar-refractivity contribution in [1.29, 1.82) is 0 Å². The summed E-state index contributed by atoms with van der Waals surface area (Å²) in [5.74, 6) is -0.147. The molecule has 0 saturated carbocycles. The molecule has 5 nitrogen and oxygen atoms in total. The summed E-state index contributed by atoms with van der Waals surface area (Å²) in [6.07, 6.45) is 7.98. The molecular formula is C11H16N4O. The van der Waals surface area contributed by atoms with Crippen LogP contribution in [-0.2, 0) is 0 Å². The Morgan fingerprint density at radius 1 is 1.56 bits per heavy atom. The number of amides is 1. The van der Waals surface area contributed by atoms with Gasteiger partial charge in [-0.2, -0.15) is 0 Å². The van der Waals surface area contributed by atoms with E-state index in [1.807, 2.05) is 0 Å². The summed E-state index contributed by atoms with van der Waals surface area (Å²) in [4.78, 5) is 19.4. The SMILES string of the molecule is O=C(NCCC1CCCN1)c1cnccn1. The summed E-state index contributed by atoms with van der Waals surface area (Å²) in [6.45, 7) is 1.79. The topological polar surface area (TPSA) is 66.9 Å². The Morgan fingerprint density at radius 3 is 3.19 bits per heavy atom. The molecule has 1 unspecified atom stereocenters. The summed E-state index contributed by atoms with van der Waals surface area (Å²) in [7, 11) is 0. The lowest BCUT2D eigenvalue weighted by atomic mass is 10.1. The number of nitrogens with zero attached hydrogens (tertiary/aromatic N) is 2. The van der Waals surface area contributed by atoms with Gasteiger partial charge in [-0.05, 0) is 25.8 Å². The van der Waals surface area contributed by atoms with Crippen molar-refractivity contribution in [2.75, 3.05) is 13.1 Å². The maximum Gasteiger partial charge on any atom is 0.271 e. The normalized spacial score (nSPS) is 19.6. The third kappa shape index (κ3) is 3.00. The van der Waals surface area contributed by atoms with E-state index in [1.54, 1.807) is 6.20 Å². The average molecular weight is 220 g/mol. The van der Waals surface area contributed by atoms with E-state index in [2.05, 4.69) is 20.6 Å². The Hall–Kier alpha value is -1.49. The van der Waals surface area contributed by atoms with Gasteiger partial charge >= 0.3 is 0 Å². The van der Waals surface area contributed by atoms with Crippen LogP contribution in [0.15, 0.2) is 18.6 Å². The predicted molar refractivity (Wildman–Crippen MR) is 60.0 cm³/mol. The Kier molecular flexibility index (Phi) is 3.82. The molecule has 86 valence electrons. The molecule has 1 aromatic heterocycles. The standard InChI is InChI=1S/C11H16N4O/c16-11(10-8-12-6-7-14-10)15-5-3-9-2-1-4-13-9/h6-9,13H,1-5H2,(H,15,16). The minimum absolute atomic E-state index is 0.147. The molecule has 0 aliphatic carbocycles. The van der Waals surface area contributed by atoms with Gasteiger partial charge in [-0.25, -0.2) is 4.98 Å². The minimum Gasteiger partial charge on any atom is -0.351 e. The van der Waals surface area contributed by atoms with Gasteiger partial charge in [0, 0.05) is 25.0 Å². The molecule has 1 fully saturated rings. The molecule has 16 heavy (non-hydrogen) atoms. The number of hydrogen-bond donors (Lipinski definition) is 2. The number of aromatic nitrogens is 2. The van der Waals surface area contributed by atoms with E-state index < -0.39 is 0 Å². The summed E-state index contributed by atoms with van der Waals surface area (Å²) >= 11 is 0. The van der Waals surface area contributed by atoms with Crippen LogP contribution in [0, 0.1) is 0 Å². The molecule has 0 aromatic carbocycles. The summed E-state index contributed by atoms with van der Waals surface area (Å²) < 4.78 is 0. The van der Waals surface area contributed by atoms with Crippen LogP contribution >= 0.6 is 0 Å². The van der Waals surface area contributed by atoms with Crippen LogP contribution in [0.5, 0.6) is 0 Å². The monoisotopic (exact) mass is 220 g/mol. The number of hydrogen-bond acceptors (Lipinski definition) is 4. The zero-order chi connectivity index (χ0) is 11.2. The first-order chi connectivity index (χ1) is 7.86. The molecule has 0 spiro atoms. The van der Waals surface area contributed by atoms with E-state index in [1.165, 1.54) is 25.2 Å². The fourth-order valence-electron chi connectivity index (χ4n) is 1.87. The quantitative estimate of drug-likeness (QED) is 0.768. The van der Waals surface area contributed by atoms with Crippen LogP contribution in [-0.4, -0.2) is 35.0 Å². The first-order valence-electron chi connectivity index (χ1n) is 5.64. The maximum atomic E-state index is 11.6. The fourth-order valence-corrected chi connectivity index (χ4v) is 1.87. The number of rotatable bonds is 4. The summed E-state index contributed by atoms with van der Waals surface area (Å²) in [5.41, 5.74) is 0.377. The van der Waals surface area contributed by atoms with Crippen molar-refractivity contribution in [2.24, 2.45) is 0 Å². The molecule has 0 bridgehead atoms. The Labute approximate surface area is 94.7 Å². The van der Waals surface area contributed by atoms with Gasteiger partial charge in [0.25, 0.3) is 5.91 Å². The van der Waals surface area contributed by atoms with Crippen molar-refractivity contribution >= 4 is 5.91 Å². The lowest BCUT2D eigenvalue weighted by Crippen LogP contribution is -2.31. The predicted octanol–water partition coefficient (Wildman–Crippen LogP) is 0.348. The van der Waals surface area contributed by atoms with Gasteiger partial charge in [-0.1, -0.05) is 0 Å². The van der Waals surface area contributed by atoms with Crippen LogP contribution < -0.4 is 10.6 Å². The Morgan fingerprint density at radius 2 is 2.50 bits per heavy atom. The van der Waals surface area contributed by atoms with Crippen molar-refractivity contribution < 1.29 is 4.79 Å². The van der Waals surface area contributed by atoms with Crippen LogP contribution in [0.1, 0.15) is 29.8 Å². The molecule has 5 heteroatoms. The molecule has 1 aliphatic heterocycles. The second kappa shape index (κ2) is 5.55. The lowest BCUT2D eigenvalue weighted by Gasteiger charge is -2.10. The van der Waals surface area contributed by atoms with E-state index in [-0.39, 0.29) is 5.91 Å². The first-order valence-corrected chi connectivity index (χ1v) is 5.64. The molecule has 2 rings (SSSR count). The van der Waals surface area contributed by atoms with Crippen molar-refractivity contribution in [3.8, 4) is 0 Å². The highest BCUT2D eigenvalue weighted by Gasteiger charge is 2.14. The lowest BCUT2D eigenvalue weighted by molar-refractivity contribution is 0.0947. The van der Waals surface area contributed by atoms with E-state index in [0.29, 0.717) is 18.3 Å². The number of carbonyl (C=O) groups is 1. The fraction of sp³-hybridized carbons (Fsp3) is 0.545. The van der Waals surface area contributed by atoms with Gasteiger partial charge in [0.05, 0.1) is 6.20 Å². The van der Waals surface area contributed by atoms with Crippen molar-refractivity contribution in [3.05, 3.63) is 24.3 Å². The van der Waals surface area contributed by atoms with Crippen LogP contribution in [0.4, 0.5) is 0 Å². The highest BCUT2D eigenvalue weighted by molar-refractivity contribution is 5.91. The maximum absolute atomic E-state index is 11.6. The van der Waals surface area contributed by atoms with Gasteiger partial charge in [0.1, 0.15) is 5.69 Å². The van der Waals surface area contributed by atoms with Crippen LogP contribution in [0.2, 0.25) is 0 Å². The van der Waals surface area contributed by atoms with Gasteiger partial charge < -0.3 is 10.6 Å². The highest BCUT2D eigenvalue weighted by Crippen LogP contribution is 2.07. The van der Waals surface area contributed by atoms with Crippen LogP contribution in [0.3, 0.4) is 0 Å². The average Bonchev–Trinajstić information content (AvgIpc) is 2.83.